The number of nitrogen functional groups attached to an aromatic ring is 2. The molecule has 6 rings (SSSR count). The van der Waals surface area contributed by atoms with Gasteiger partial charge < -0.3 is 11.5 Å². The smallest absolute Gasteiger partial charge is 0.164 e. The molecule has 0 aliphatic carbocycles. The van der Waals surface area contributed by atoms with Gasteiger partial charge in [0.25, 0.3) is 0 Å². The summed E-state index contributed by atoms with van der Waals surface area (Å²) < 4.78 is 1.84. The minimum Gasteiger partial charge on any atom is -0.384 e. The third kappa shape index (κ3) is 3.38. The van der Waals surface area contributed by atoms with Crippen molar-refractivity contribution in [2.24, 2.45) is 0 Å². The number of para-hydroxylation sites is 1. The molecule has 6 aromatic rings. The van der Waals surface area contributed by atoms with Gasteiger partial charge in [-0.15, -0.1) is 0 Å². The predicted octanol–water partition coefficient (Wildman–Crippen LogP) is 4.32. The Morgan fingerprint density at radius 3 is 2.44 bits per heavy atom. The minimum atomic E-state index is 0.363. The average Bonchev–Trinajstić information content (AvgIpc) is 3.24. The van der Waals surface area contributed by atoms with Crippen LogP contribution in [-0.2, 0) is 6.54 Å². The predicted molar refractivity (Wildman–Crippen MR) is 134 cm³/mol. The standard InChI is InChI=1S/C26H20N8/c27-21-13-18(10-11-29-21)24-22-25(28)30-15-31-26(22)34(33-24)14-19-12-17-8-4-5-9-20(17)32-23(19)16-6-2-1-3-7-16/h1-13,15H,14H2,(H2,27,29)(H2,28,30,31). The first-order valence-electron chi connectivity index (χ1n) is 10.8. The lowest BCUT2D eigenvalue weighted by Crippen LogP contribution is -2.06. The van der Waals surface area contributed by atoms with Crippen LogP contribution < -0.4 is 11.5 Å². The van der Waals surface area contributed by atoms with Crippen LogP contribution in [0, 0.1) is 0 Å². The van der Waals surface area contributed by atoms with Gasteiger partial charge in [0, 0.05) is 28.3 Å². The first-order chi connectivity index (χ1) is 16.7. The maximum absolute atomic E-state index is 6.27. The fourth-order valence-electron chi connectivity index (χ4n) is 4.23. The molecular weight excluding hydrogens is 424 g/mol. The van der Waals surface area contributed by atoms with E-state index in [-0.39, 0.29) is 0 Å². The van der Waals surface area contributed by atoms with Crippen molar-refractivity contribution < 1.29 is 0 Å². The van der Waals surface area contributed by atoms with Crippen molar-refractivity contribution in [3.8, 4) is 22.5 Å². The van der Waals surface area contributed by atoms with Gasteiger partial charge in [0.2, 0.25) is 0 Å². The van der Waals surface area contributed by atoms with E-state index < -0.39 is 0 Å². The fraction of sp³-hybridized carbons (Fsp3) is 0.0385. The van der Waals surface area contributed by atoms with E-state index in [9.17, 15) is 0 Å². The molecule has 164 valence electrons. The van der Waals surface area contributed by atoms with E-state index in [1.165, 1.54) is 6.33 Å². The summed E-state index contributed by atoms with van der Waals surface area (Å²) in [5.74, 6) is 0.766. The molecule has 0 fully saturated rings. The summed E-state index contributed by atoms with van der Waals surface area (Å²) in [5, 5.41) is 6.64. The third-order valence-electron chi connectivity index (χ3n) is 5.78. The van der Waals surface area contributed by atoms with Gasteiger partial charge in [0.05, 0.1) is 23.1 Å². The lowest BCUT2D eigenvalue weighted by molar-refractivity contribution is 0.706. The van der Waals surface area contributed by atoms with Crippen LogP contribution in [0.5, 0.6) is 0 Å². The van der Waals surface area contributed by atoms with E-state index in [4.69, 9.17) is 21.5 Å². The number of nitrogens with two attached hydrogens (primary N) is 2. The second-order valence-corrected chi connectivity index (χ2v) is 7.99. The normalized spacial score (nSPS) is 11.3. The lowest BCUT2D eigenvalue weighted by atomic mass is 10.0. The molecule has 34 heavy (non-hydrogen) atoms. The Labute approximate surface area is 194 Å². The van der Waals surface area contributed by atoms with Crippen molar-refractivity contribution in [1.29, 1.82) is 0 Å². The molecule has 0 saturated heterocycles. The van der Waals surface area contributed by atoms with Gasteiger partial charge in [-0.25, -0.2) is 24.6 Å². The molecule has 0 amide bonds. The second-order valence-electron chi connectivity index (χ2n) is 7.99. The summed E-state index contributed by atoms with van der Waals surface area (Å²) in [6, 6.07) is 24.0. The van der Waals surface area contributed by atoms with Gasteiger partial charge in [-0.1, -0.05) is 48.5 Å². The molecule has 8 heteroatoms. The molecule has 4 N–H and O–H groups in total. The number of benzene rings is 2. The van der Waals surface area contributed by atoms with Crippen molar-refractivity contribution in [2.45, 2.75) is 6.54 Å². The molecule has 8 nitrogen and oxygen atoms in total. The third-order valence-corrected chi connectivity index (χ3v) is 5.78. The molecular formula is C26H20N8. The number of aromatic nitrogens is 6. The highest BCUT2D eigenvalue weighted by atomic mass is 15.3. The largest absolute Gasteiger partial charge is 0.384 e. The van der Waals surface area contributed by atoms with Crippen molar-refractivity contribution in [1.82, 2.24) is 29.7 Å². The van der Waals surface area contributed by atoms with Gasteiger partial charge >= 0.3 is 0 Å². The van der Waals surface area contributed by atoms with E-state index in [0.717, 1.165) is 33.3 Å². The zero-order chi connectivity index (χ0) is 23.1. The molecule has 0 spiro atoms. The Balaban J connectivity index is 1.56. The number of nitrogens with zero attached hydrogens (tertiary/aromatic N) is 6. The summed E-state index contributed by atoms with van der Waals surface area (Å²) in [7, 11) is 0. The van der Waals surface area contributed by atoms with Crippen LogP contribution in [0.4, 0.5) is 11.6 Å². The van der Waals surface area contributed by atoms with Crippen LogP contribution in [0.15, 0.2) is 85.3 Å². The Morgan fingerprint density at radius 1 is 0.765 bits per heavy atom. The van der Waals surface area contributed by atoms with Crippen LogP contribution in [0.3, 0.4) is 0 Å². The maximum atomic E-state index is 6.27. The Kier molecular flexibility index (Phi) is 4.62. The highest BCUT2D eigenvalue weighted by Crippen LogP contribution is 2.32. The fourth-order valence-corrected chi connectivity index (χ4v) is 4.23. The molecule has 0 unspecified atom stereocenters. The van der Waals surface area contributed by atoms with E-state index in [0.29, 0.717) is 34.9 Å². The van der Waals surface area contributed by atoms with Crippen LogP contribution in [0.2, 0.25) is 0 Å². The molecule has 4 aromatic heterocycles. The number of rotatable bonds is 4. The van der Waals surface area contributed by atoms with Gasteiger partial charge in [0.1, 0.15) is 23.7 Å². The van der Waals surface area contributed by atoms with Gasteiger partial charge in [-0.2, -0.15) is 5.10 Å². The van der Waals surface area contributed by atoms with Crippen LogP contribution >= 0.6 is 0 Å². The Bertz CT molecular complexity index is 1660. The van der Waals surface area contributed by atoms with Gasteiger partial charge in [0.15, 0.2) is 5.65 Å². The molecule has 4 heterocycles. The average molecular weight is 445 g/mol. The zero-order valence-electron chi connectivity index (χ0n) is 18.1. The first-order valence-corrected chi connectivity index (χ1v) is 10.8. The number of fused-ring (bicyclic) bond motifs is 2. The molecule has 0 saturated carbocycles. The molecule has 0 aliphatic rings. The summed E-state index contributed by atoms with van der Waals surface area (Å²) in [4.78, 5) is 17.8. The molecule has 0 bridgehead atoms. The van der Waals surface area contributed by atoms with E-state index in [2.05, 4.69) is 39.2 Å². The van der Waals surface area contributed by atoms with Crippen molar-refractivity contribution in [2.75, 3.05) is 11.5 Å². The summed E-state index contributed by atoms with van der Waals surface area (Å²) >= 11 is 0. The number of pyridine rings is 2. The Hall–Kier alpha value is -4.85. The Morgan fingerprint density at radius 2 is 1.59 bits per heavy atom. The number of hydrogen-bond acceptors (Lipinski definition) is 7. The van der Waals surface area contributed by atoms with E-state index in [1.807, 2.05) is 47.1 Å². The minimum absolute atomic E-state index is 0.363. The van der Waals surface area contributed by atoms with Gasteiger partial charge in [-0.3, -0.25) is 0 Å². The van der Waals surface area contributed by atoms with Crippen molar-refractivity contribution >= 4 is 33.6 Å². The maximum Gasteiger partial charge on any atom is 0.164 e. The zero-order valence-corrected chi connectivity index (χ0v) is 18.1. The van der Waals surface area contributed by atoms with Crippen LogP contribution in [0.25, 0.3) is 44.5 Å². The highest BCUT2D eigenvalue weighted by molar-refractivity contribution is 5.98. The molecule has 0 aliphatic heterocycles. The second kappa shape index (κ2) is 7.93. The number of anilines is 2. The van der Waals surface area contributed by atoms with Gasteiger partial charge in [-0.05, 0) is 24.3 Å². The first kappa shape index (κ1) is 19.8. The SMILES string of the molecule is Nc1cc(-c2nn(Cc3cc4ccccc4nc3-c3ccccc3)c3ncnc(N)c23)ccn1. The van der Waals surface area contributed by atoms with E-state index in [1.54, 1.807) is 12.3 Å². The number of hydrogen-bond donors (Lipinski definition) is 2. The summed E-state index contributed by atoms with van der Waals surface area (Å²) in [6.07, 6.45) is 3.10. The molecule has 0 atom stereocenters. The lowest BCUT2D eigenvalue weighted by Gasteiger charge is -2.12. The van der Waals surface area contributed by atoms with E-state index >= 15 is 0 Å². The van der Waals surface area contributed by atoms with Crippen molar-refractivity contribution in [3.05, 3.63) is 90.9 Å². The molecule has 2 aromatic carbocycles. The highest BCUT2D eigenvalue weighted by Gasteiger charge is 2.19. The summed E-state index contributed by atoms with van der Waals surface area (Å²) in [5.41, 5.74) is 18.2. The van der Waals surface area contributed by atoms with Crippen LogP contribution in [0.1, 0.15) is 5.56 Å². The molecule has 0 radical (unpaired) electrons. The monoisotopic (exact) mass is 444 g/mol. The van der Waals surface area contributed by atoms with Crippen molar-refractivity contribution in [3.63, 3.8) is 0 Å². The topological polar surface area (TPSA) is 121 Å². The summed E-state index contributed by atoms with van der Waals surface area (Å²) in [6.45, 7) is 0.454. The van der Waals surface area contributed by atoms with Crippen LogP contribution in [-0.4, -0.2) is 29.7 Å². The quantitative estimate of drug-likeness (QED) is 0.415.